The molecule has 0 radical (unpaired) electrons. The molecule has 4 rings (SSSR count). The number of H-pyrrole nitrogens is 1. The molecule has 2 aromatic heterocycles. The van der Waals surface area contributed by atoms with Crippen molar-refractivity contribution in [1.82, 2.24) is 19.4 Å². The highest BCUT2D eigenvalue weighted by Crippen LogP contribution is 2.22. The van der Waals surface area contributed by atoms with Gasteiger partial charge in [-0.2, -0.15) is 0 Å². The first-order chi connectivity index (χ1) is 10.8. The first-order valence-electron chi connectivity index (χ1n) is 8.03. The Morgan fingerprint density at radius 2 is 2.32 bits per heavy atom. The Morgan fingerprint density at radius 1 is 1.36 bits per heavy atom. The van der Waals surface area contributed by atoms with Crippen LogP contribution in [0, 0.1) is 5.92 Å². The largest absolute Gasteiger partial charge is 0.361 e. The molecule has 0 saturated carbocycles. The Labute approximate surface area is 130 Å². The minimum absolute atomic E-state index is 0.720. The molecule has 1 atom stereocenters. The van der Waals surface area contributed by atoms with E-state index in [1.165, 1.54) is 28.7 Å². The van der Waals surface area contributed by atoms with Crippen LogP contribution in [0.4, 0.5) is 0 Å². The van der Waals surface area contributed by atoms with Crippen molar-refractivity contribution in [3.8, 4) is 0 Å². The predicted octanol–water partition coefficient (Wildman–Crippen LogP) is 3.06. The van der Waals surface area contributed by atoms with E-state index in [0.29, 0.717) is 0 Å². The van der Waals surface area contributed by atoms with E-state index in [2.05, 4.69) is 56.9 Å². The third-order valence-electron chi connectivity index (χ3n) is 4.73. The van der Waals surface area contributed by atoms with Crippen LogP contribution in [0.1, 0.15) is 17.8 Å². The fourth-order valence-corrected chi connectivity index (χ4v) is 3.67. The second-order valence-electron chi connectivity index (χ2n) is 6.45. The molecule has 0 saturated heterocycles. The van der Waals surface area contributed by atoms with Crippen LogP contribution in [0.15, 0.2) is 42.9 Å². The van der Waals surface area contributed by atoms with Gasteiger partial charge < -0.3 is 14.5 Å². The number of benzene rings is 1. The summed E-state index contributed by atoms with van der Waals surface area (Å²) in [5, 5.41) is 1.34. The molecule has 1 N–H and O–H groups in total. The molecule has 0 amide bonds. The topological polar surface area (TPSA) is 36.9 Å². The molecule has 4 heteroatoms. The summed E-state index contributed by atoms with van der Waals surface area (Å²) < 4.78 is 2.31. The predicted molar refractivity (Wildman–Crippen MR) is 88.7 cm³/mol. The zero-order valence-corrected chi connectivity index (χ0v) is 13.0. The highest BCUT2D eigenvalue weighted by Gasteiger charge is 2.20. The number of aromatic amines is 1. The Balaban J connectivity index is 1.43. The number of rotatable bonds is 4. The Hall–Kier alpha value is -2.07. The minimum Gasteiger partial charge on any atom is -0.361 e. The number of aryl methyl sites for hydroxylation is 1. The fraction of sp³-hybridized carbons (Fsp3) is 0.389. The summed E-state index contributed by atoms with van der Waals surface area (Å²) in [6.07, 6.45) is 8.42. The van der Waals surface area contributed by atoms with Gasteiger partial charge >= 0.3 is 0 Å². The van der Waals surface area contributed by atoms with E-state index in [4.69, 9.17) is 0 Å². The van der Waals surface area contributed by atoms with Crippen LogP contribution >= 0.6 is 0 Å². The van der Waals surface area contributed by atoms with Crippen LogP contribution in [0.2, 0.25) is 0 Å². The summed E-state index contributed by atoms with van der Waals surface area (Å²) in [4.78, 5) is 10.2. The molecule has 0 bridgehead atoms. The number of hydrogen-bond acceptors (Lipinski definition) is 2. The lowest BCUT2D eigenvalue weighted by Crippen LogP contribution is -2.31. The average molecular weight is 294 g/mol. The van der Waals surface area contributed by atoms with Crippen molar-refractivity contribution < 1.29 is 0 Å². The van der Waals surface area contributed by atoms with Gasteiger partial charge in [-0.1, -0.05) is 12.1 Å². The standard InChI is InChI=1S/C18H22N4/c1-21(11-14-5-6-18-20-9-10-22(18)12-14)13-15-3-2-4-17-16(15)7-8-19-17/h2-4,7-10,14,19H,5-6,11-13H2,1H3/t14-/m1/s1. The van der Waals surface area contributed by atoms with Gasteiger partial charge in [0.05, 0.1) is 0 Å². The van der Waals surface area contributed by atoms with Gasteiger partial charge in [-0.05, 0) is 37.1 Å². The molecule has 114 valence electrons. The van der Waals surface area contributed by atoms with Crippen LogP contribution < -0.4 is 0 Å². The van der Waals surface area contributed by atoms with E-state index in [-0.39, 0.29) is 0 Å². The van der Waals surface area contributed by atoms with E-state index in [9.17, 15) is 0 Å². The molecule has 0 unspecified atom stereocenters. The van der Waals surface area contributed by atoms with Gasteiger partial charge in [-0.15, -0.1) is 0 Å². The lowest BCUT2D eigenvalue weighted by molar-refractivity contribution is 0.229. The second-order valence-corrected chi connectivity index (χ2v) is 6.45. The molecule has 0 aliphatic carbocycles. The molecule has 1 aliphatic rings. The van der Waals surface area contributed by atoms with Crippen molar-refractivity contribution in [3.63, 3.8) is 0 Å². The van der Waals surface area contributed by atoms with Gasteiger partial charge in [0.2, 0.25) is 0 Å². The summed E-state index contributed by atoms with van der Waals surface area (Å²) in [7, 11) is 2.23. The maximum absolute atomic E-state index is 4.41. The summed E-state index contributed by atoms with van der Waals surface area (Å²) in [6, 6.07) is 8.69. The van der Waals surface area contributed by atoms with Crippen LogP contribution in [0.5, 0.6) is 0 Å². The van der Waals surface area contributed by atoms with Gasteiger partial charge in [0.1, 0.15) is 5.82 Å². The number of imidazole rings is 1. The second kappa shape index (κ2) is 5.61. The maximum Gasteiger partial charge on any atom is 0.108 e. The van der Waals surface area contributed by atoms with Crippen LogP contribution in [-0.2, 0) is 19.5 Å². The van der Waals surface area contributed by atoms with Crippen LogP contribution in [0.3, 0.4) is 0 Å². The molecule has 1 aromatic carbocycles. The van der Waals surface area contributed by atoms with Gasteiger partial charge in [-0.25, -0.2) is 4.98 Å². The van der Waals surface area contributed by atoms with Crippen molar-refractivity contribution in [3.05, 3.63) is 54.2 Å². The first kappa shape index (κ1) is 13.6. The smallest absolute Gasteiger partial charge is 0.108 e. The van der Waals surface area contributed by atoms with Crippen molar-refractivity contribution in [2.45, 2.75) is 25.9 Å². The monoisotopic (exact) mass is 294 g/mol. The SMILES string of the molecule is CN(Cc1cccc2[nH]ccc12)C[C@H]1CCc2nccn2C1. The minimum atomic E-state index is 0.720. The first-order valence-corrected chi connectivity index (χ1v) is 8.03. The molecule has 1 aliphatic heterocycles. The summed E-state index contributed by atoms with van der Waals surface area (Å²) in [6.45, 7) is 3.24. The molecule has 0 fully saturated rings. The average Bonchev–Trinajstić information content (AvgIpc) is 3.15. The maximum atomic E-state index is 4.41. The molecular formula is C18H22N4. The third-order valence-corrected chi connectivity index (χ3v) is 4.73. The highest BCUT2D eigenvalue weighted by atomic mass is 15.1. The van der Waals surface area contributed by atoms with E-state index < -0.39 is 0 Å². The van der Waals surface area contributed by atoms with Gasteiger partial charge in [0.15, 0.2) is 0 Å². The van der Waals surface area contributed by atoms with Crippen molar-refractivity contribution >= 4 is 10.9 Å². The molecule has 22 heavy (non-hydrogen) atoms. The lowest BCUT2D eigenvalue weighted by Gasteiger charge is -2.28. The third kappa shape index (κ3) is 2.55. The number of fused-ring (bicyclic) bond motifs is 2. The highest BCUT2D eigenvalue weighted by molar-refractivity contribution is 5.82. The van der Waals surface area contributed by atoms with Crippen molar-refractivity contribution in [2.75, 3.05) is 13.6 Å². The Morgan fingerprint density at radius 3 is 3.27 bits per heavy atom. The number of aromatic nitrogens is 3. The van der Waals surface area contributed by atoms with E-state index >= 15 is 0 Å². The van der Waals surface area contributed by atoms with Crippen LogP contribution in [0.25, 0.3) is 10.9 Å². The normalized spacial score (nSPS) is 18.0. The van der Waals surface area contributed by atoms with Gasteiger partial charge in [-0.3, -0.25) is 0 Å². The zero-order chi connectivity index (χ0) is 14.9. The Kier molecular flexibility index (Phi) is 3.47. The van der Waals surface area contributed by atoms with Crippen molar-refractivity contribution in [2.24, 2.45) is 5.92 Å². The summed E-state index contributed by atoms with van der Waals surface area (Å²) in [5.41, 5.74) is 2.63. The fourth-order valence-electron chi connectivity index (χ4n) is 3.67. The number of hydrogen-bond donors (Lipinski definition) is 1. The number of nitrogens with one attached hydrogen (secondary N) is 1. The Bertz CT molecular complexity index is 770. The van der Waals surface area contributed by atoms with Gasteiger partial charge in [0, 0.05) is 55.5 Å². The lowest BCUT2D eigenvalue weighted by atomic mass is 9.98. The quantitative estimate of drug-likeness (QED) is 0.803. The zero-order valence-electron chi connectivity index (χ0n) is 13.0. The molecule has 4 nitrogen and oxygen atoms in total. The van der Waals surface area contributed by atoms with Crippen LogP contribution in [-0.4, -0.2) is 33.0 Å². The molecule has 0 spiro atoms. The van der Waals surface area contributed by atoms with Crippen molar-refractivity contribution in [1.29, 1.82) is 0 Å². The molecule has 3 heterocycles. The van der Waals surface area contributed by atoms with E-state index in [1.807, 2.05) is 12.4 Å². The summed E-state index contributed by atoms with van der Waals surface area (Å²) >= 11 is 0. The molecule has 3 aromatic rings. The number of nitrogens with zero attached hydrogens (tertiary/aromatic N) is 3. The van der Waals surface area contributed by atoms with E-state index in [0.717, 1.165) is 32.0 Å². The summed E-state index contributed by atoms with van der Waals surface area (Å²) in [5.74, 6) is 1.97. The van der Waals surface area contributed by atoms with E-state index in [1.54, 1.807) is 0 Å². The molecular weight excluding hydrogens is 272 g/mol. The van der Waals surface area contributed by atoms with Gasteiger partial charge in [0.25, 0.3) is 0 Å².